The minimum absolute atomic E-state index is 0.0700. The van der Waals surface area contributed by atoms with Crippen molar-refractivity contribution in [2.24, 2.45) is 10.2 Å². The van der Waals surface area contributed by atoms with E-state index in [0.29, 0.717) is 0 Å². The highest BCUT2D eigenvalue weighted by Gasteiger charge is 2.17. The number of nitriles is 1. The quantitative estimate of drug-likeness (QED) is 0.193. The van der Waals surface area contributed by atoms with Crippen molar-refractivity contribution in [1.29, 1.82) is 5.26 Å². The van der Waals surface area contributed by atoms with Gasteiger partial charge in [0, 0.05) is 5.69 Å². The third-order valence-electron chi connectivity index (χ3n) is 2.70. The van der Waals surface area contributed by atoms with Gasteiger partial charge in [0.25, 0.3) is 10.1 Å². The number of nitrogens with two attached hydrogens (primary N) is 3. The van der Waals surface area contributed by atoms with Crippen LogP contribution in [0.3, 0.4) is 0 Å². The summed E-state index contributed by atoms with van der Waals surface area (Å²) in [6.07, 6.45) is 0. The van der Waals surface area contributed by atoms with Gasteiger partial charge in [0.1, 0.15) is 10.6 Å². The Bertz CT molecular complexity index is 961. The highest BCUT2D eigenvalue weighted by Crippen LogP contribution is 2.32. The van der Waals surface area contributed by atoms with Gasteiger partial charge in [-0.25, -0.2) is 9.97 Å². The number of hydrogen-bond donors (Lipinski definition) is 4. The predicted octanol–water partition coefficient (Wildman–Crippen LogP) is 1.50. The molecule has 0 fully saturated rings. The number of anilines is 3. The van der Waals surface area contributed by atoms with Gasteiger partial charge in [-0.2, -0.15) is 13.7 Å². The molecule has 11 nitrogen and oxygen atoms in total. The molecule has 1 aromatic heterocycles. The van der Waals surface area contributed by atoms with Gasteiger partial charge in [-0.3, -0.25) is 4.55 Å². The third kappa shape index (κ3) is 4.53. The molecule has 0 saturated heterocycles. The van der Waals surface area contributed by atoms with Crippen molar-refractivity contribution in [3.63, 3.8) is 0 Å². The molecule has 25 heavy (non-hydrogen) atoms. The molecule has 0 atom stereocenters. The highest BCUT2D eigenvalue weighted by atomic mass is 32.2. The van der Waals surface area contributed by atoms with Gasteiger partial charge < -0.3 is 17.2 Å². The minimum atomic E-state index is -4.56. The Labute approximate surface area is 146 Å². The van der Waals surface area contributed by atoms with Crippen LogP contribution >= 0.6 is 11.8 Å². The van der Waals surface area contributed by atoms with E-state index in [-0.39, 0.29) is 39.6 Å². The van der Waals surface area contributed by atoms with Crippen molar-refractivity contribution < 1.29 is 13.0 Å². The fourth-order valence-corrected chi connectivity index (χ4v) is 2.83. The molecule has 7 N–H and O–H groups in total. The van der Waals surface area contributed by atoms with Gasteiger partial charge in [0.2, 0.25) is 0 Å². The first-order chi connectivity index (χ1) is 11.7. The van der Waals surface area contributed by atoms with Crippen molar-refractivity contribution in [2.45, 2.75) is 10.1 Å². The SMILES string of the molecule is N#CCSc1nc(N)c(N=Nc2ccc(N)cc2S(=O)(=O)O)c(N)n1. The topological polar surface area (TPSA) is 207 Å². The van der Waals surface area contributed by atoms with Crippen molar-refractivity contribution in [2.75, 3.05) is 23.0 Å². The summed E-state index contributed by atoms with van der Waals surface area (Å²) in [4.78, 5) is 7.33. The second-order valence-corrected chi connectivity index (χ2v) is 6.81. The Morgan fingerprint density at radius 3 is 2.40 bits per heavy atom. The Morgan fingerprint density at radius 1 is 1.20 bits per heavy atom. The summed E-state index contributed by atoms with van der Waals surface area (Å²) >= 11 is 1.04. The van der Waals surface area contributed by atoms with Gasteiger partial charge in [-0.05, 0) is 18.2 Å². The van der Waals surface area contributed by atoms with Crippen LogP contribution in [-0.2, 0) is 10.1 Å². The average molecular weight is 380 g/mol. The second-order valence-electron chi connectivity index (χ2n) is 4.47. The monoisotopic (exact) mass is 380 g/mol. The molecule has 2 aromatic rings. The molecule has 130 valence electrons. The van der Waals surface area contributed by atoms with Crippen molar-refractivity contribution >= 4 is 50.6 Å². The van der Waals surface area contributed by atoms with E-state index in [4.69, 9.17) is 22.5 Å². The van der Waals surface area contributed by atoms with E-state index >= 15 is 0 Å². The zero-order valence-corrected chi connectivity index (χ0v) is 14.1. The van der Waals surface area contributed by atoms with Crippen LogP contribution in [0.5, 0.6) is 0 Å². The summed E-state index contributed by atoms with van der Waals surface area (Å²) in [6, 6.07) is 5.59. The number of thioether (sulfide) groups is 1. The molecule has 2 rings (SSSR count). The first-order valence-corrected chi connectivity index (χ1v) is 8.86. The van der Waals surface area contributed by atoms with Crippen LogP contribution in [0.15, 0.2) is 38.5 Å². The highest BCUT2D eigenvalue weighted by molar-refractivity contribution is 7.99. The second kappa shape index (κ2) is 7.30. The smallest absolute Gasteiger partial charge is 0.296 e. The molecular formula is C12H12N8O3S2. The van der Waals surface area contributed by atoms with E-state index in [2.05, 4.69) is 20.2 Å². The Balaban J connectivity index is 2.43. The van der Waals surface area contributed by atoms with E-state index in [9.17, 15) is 13.0 Å². The summed E-state index contributed by atoms with van der Waals surface area (Å²) in [5.74, 6) is -0.0795. The lowest BCUT2D eigenvalue weighted by Crippen LogP contribution is -2.01. The molecule has 0 unspecified atom stereocenters. The molecule has 0 aliphatic carbocycles. The molecule has 13 heteroatoms. The Hall–Kier alpha value is -2.95. The van der Waals surface area contributed by atoms with Gasteiger partial charge >= 0.3 is 0 Å². The number of aromatic nitrogens is 2. The third-order valence-corrected chi connectivity index (χ3v) is 4.30. The molecule has 1 aromatic carbocycles. The lowest BCUT2D eigenvalue weighted by molar-refractivity contribution is 0.483. The molecule has 0 bridgehead atoms. The first kappa shape index (κ1) is 18.4. The van der Waals surface area contributed by atoms with E-state index in [0.717, 1.165) is 17.8 Å². The molecule has 0 radical (unpaired) electrons. The predicted molar refractivity (Wildman–Crippen MR) is 92.0 cm³/mol. The van der Waals surface area contributed by atoms with Crippen molar-refractivity contribution in [3.05, 3.63) is 18.2 Å². The molecule has 1 heterocycles. The average Bonchev–Trinajstić information content (AvgIpc) is 2.52. The zero-order chi connectivity index (χ0) is 18.6. The normalized spacial score (nSPS) is 11.5. The maximum Gasteiger partial charge on any atom is 0.296 e. The summed E-state index contributed by atoms with van der Waals surface area (Å²) in [5, 5.41) is 16.2. The van der Waals surface area contributed by atoms with Crippen molar-refractivity contribution in [1.82, 2.24) is 9.97 Å². The van der Waals surface area contributed by atoms with Crippen LogP contribution in [-0.4, -0.2) is 28.7 Å². The Kier molecular flexibility index (Phi) is 5.37. The fourth-order valence-electron chi connectivity index (χ4n) is 1.66. The fraction of sp³-hybridized carbons (Fsp3) is 0.0833. The van der Waals surface area contributed by atoms with Crippen LogP contribution in [0.2, 0.25) is 0 Å². The summed E-state index contributed by atoms with van der Waals surface area (Å²) in [6.45, 7) is 0. The van der Waals surface area contributed by atoms with Crippen LogP contribution in [0, 0.1) is 11.3 Å². The van der Waals surface area contributed by atoms with Gasteiger partial charge in [0.05, 0.1) is 11.8 Å². The van der Waals surface area contributed by atoms with Gasteiger partial charge in [0.15, 0.2) is 22.5 Å². The molecule has 0 amide bonds. The van der Waals surface area contributed by atoms with Crippen LogP contribution < -0.4 is 17.2 Å². The number of nitrogens with zero attached hydrogens (tertiary/aromatic N) is 5. The molecule has 0 saturated carbocycles. The minimum Gasteiger partial charge on any atom is -0.399 e. The summed E-state index contributed by atoms with van der Waals surface area (Å²) < 4.78 is 32.0. The lowest BCUT2D eigenvalue weighted by atomic mass is 10.3. The molecule has 0 aliphatic rings. The number of nitrogen functional groups attached to an aromatic ring is 3. The number of azo groups is 1. The van der Waals surface area contributed by atoms with Crippen LogP contribution in [0.1, 0.15) is 0 Å². The number of benzene rings is 1. The Morgan fingerprint density at radius 2 is 1.84 bits per heavy atom. The first-order valence-electron chi connectivity index (χ1n) is 6.44. The summed E-state index contributed by atoms with van der Waals surface area (Å²) in [7, 11) is -4.56. The van der Waals surface area contributed by atoms with Crippen LogP contribution in [0.4, 0.5) is 28.7 Å². The van der Waals surface area contributed by atoms with Crippen molar-refractivity contribution in [3.8, 4) is 6.07 Å². The van der Waals surface area contributed by atoms with Gasteiger partial charge in [-0.1, -0.05) is 11.8 Å². The van der Waals surface area contributed by atoms with E-state index in [1.54, 1.807) is 0 Å². The largest absolute Gasteiger partial charge is 0.399 e. The maximum atomic E-state index is 11.4. The molecule has 0 spiro atoms. The maximum absolute atomic E-state index is 11.4. The standard InChI is InChI=1S/C12H12N8O3S2/c13-3-4-24-12-17-10(15)9(11(16)18-12)20-19-7-2-1-6(14)5-8(7)25(21,22)23/h1-2,5H,4,14H2,(H,21,22,23)(H4,15,16,17,18). The van der Waals surface area contributed by atoms with E-state index < -0.39 is 15.0 Å². The summed E-state index contributed by atoms with van der Waals surface area (Å²) in [5.41, 5.74) is 16.9. The number of hydrogen-bond acceptors (Lipinski definition) is 11. The van der Waals surface area contributed by atoms with E-state index in [1.807, 2.05) is 6.07 Å². The van der Waals surface area contributed by atoms with Gasteiger partial charge in [-0.15, -0.1) is 10.2 Å². The number of rotatable bonds is 5. The molecule has 0 aliphatic heterocycles. The zero-order valence-electron chi connectivity index (χ0n) is 12.5. The lowest BCUT2D eigenvalue weighted by Gasteiger charge is -2.05. The van der Waals surface area contributed by atoms with E-state index in [1.165, 1.54) is 12.1 Å². The van der Waals surface area contributed by atoms with Crippen LogP contribution in [0.25, 0.3) is 0 Å². The molecular weight excluding hydrogens is 368 g/mol.